The highest BCUT2D eigenvalue weighted by Gasteiger charge is 2.06. The molecule has 108 valence electrons. The van der Waals surface area contributed by atoms with E-state index in [9.17, 15) is 4.79 Å². The summed E-state index contributed by atoms with van der Waals surface area (Å²) in [7, 11) is 0. The molecule has 0 spiro atoms. The molecule has 1 atom stereocenters. The number of nitrogens with one attached hydrogen (secondary N) is 1. The summed E-state index contributed by atoms with van der Waals surface area (Å²) in [6.07, 6.45) is 1.69. The third kappa shape index (κ3) is 5.72. The van der Waals surface area contributed by atoms with Crippen molar-refractivity contribution >= 4 is 5.91 Å². The van der Waals surface area contributed by atoms with Crippen molar-refractivity contribution in [1.82, 2.24) is 5.32 Å². The van der Waals surface area contributed by atoms with Gasteiger partial charge in [-0.25, -0.2) is 0 Å². The van der Waals surface area contributed by atoms with Gasteiger partial charge in [-0.05, 0) is 30.9 Å². The molecule has 5 nitrogen and oxygen atoms in total. The van der Waals surface area contributed by atoms with E-state index in [-0.39, 0.29) is 25.0 Å². The number of carbonyl (C=O) groups is 1. The van der Waals surface area contributed by atoms with Crippen LogP contribution < -0.4 is 10.1 Å². The zero-order valence-corrected chi connectivity index (χ0v) is 11.6. The molecule has 0 heterocycles. The van der Waals surface area contributed by atoms with E-state index in [1.165, 1.54) is 0 Å². The second-order valence-electron chi connectivity index (χ2n) is 4.68. The number of aliphatic hydroxyl groups excluding tert-OH is 1. The number of nitrogens with zero attached hydrogens (tertiary/aromatic N) is 1. The van der Waals surface area contributed by atoms with Gasteiger partial charge in [-0.15, -0.1) is 0 Å². The van der Waals surface area contributed by atoms with Gasteiger partial charge in [-0.1, -0.05) is 19.1 Å². The van der Waals surface area contributed by atoms with Crippen molar-refractivity contribution in [2.24, 2.45) is 5.92 Å². The third-order valence-corrected chi connectivity index (χ3v) is 2.87. The topological polar surface area (TPSA) is 82.3 Å². The van der Waals surface area contributed by atoms with Crippen molar-refractivity contribution in [3.8, 4) is 11.8 Å². The van der Waals surface area contributed by atoms with E-state index in [1.807, 2.05) is 13.0 Å². The molecule has 5 heteroatoms. The molecular weight excluding hydrogens is 256 g/mol. The number of ether oxygens (including phenoxy) is 1. The summed E-state index contributed by atoms with van der Waals surface area (Å²) in [5.74, 6) is 0.458. The molecule has 0 saturated carbocycles. The first-order valence-corrected chi connectivity index (χ1v) is 6.67. The zero-order chi connectivity index (χ0) is 14.8. The number of amides is 1. The maximum absolute atomic E-state index is 11.6. The van der Waals surface area contributed by atoms with Crippen LogP contribution in [0.15, 0.2) is 24.3 Å². The predicted octanol–water partition coefficient (Wildman–Crippen LogP) is 1.46. The Hall–Kier alpha value is -2.06. The molecule has 1 aromatic carbocycles. The lowest BCUT2D eigenvalue weighted by molar-refractivity contribution is -0.123. The van der Waals surface area contributed by atoms with E-state index in [0.29, 0.717) is 17.9 Å². The van der Waals surface area contributed by atoms with Gasteiger partial charge >= 0.3 is 0 Å². The van der Waals surface area contributed by atoms with Crippen LogP contribution in [0.5, 0.6) is 5.75 Å². The number of para-hydroxylation sites is 1. The monoisotopic (exact) mass is 276 g/mol. The van der Waals surface area contributed by atoms with Crippen LogP contribution in [0, 0.1) is 17.2 Å². The van der Waals surface area contributed by atoms with Crippen LogP contribution in [-0.2, 0) is 4.79 Å². The van der Waals surface area contributed by atoms with Crippen LogP contribution in [0.2, 0.25) is 0 Å². The molecule has 0 aliphatic rings. The zero-order valence-electron chi connectivity index (χ0n) is 11.6. The molecule has 1 rings (SSSR count). The molecule has 0 saturated heterocycles. The van der Waals surface area contributed by atoms with Crippen molar-refractivity contribution < 1.29 is 14.6 Å². The Morgan fingerprint density at radius 3 is 2.95 bits per heavy atom. The van der Waals surface area contributed by atoms with E-state index >= 15 is 0 Å². The van der Waals surface area contributed by atoms with Gasteiger partial charge in [0.25, 0.3) is 5.91 Å². The number of rotatable bonds is 8. The molecular formula is C15H20N2O3. The lowest BCUT2D eigenvalue weighted by atomic mass is 10.1. The first-order valence-electron chi connectivity index (χ1n) is 6.67. The number of benzene rings is 1. The minimum absolute atomic E-state index is 0.103. The van der Waals surface area contributed by atoms with Gasteiger partial charge < -0.3 is 15.2 Å². The highest BCUT2D eigenvalue weighted by molar-refractivity contribution is 5.77. The fourth-order valence-corrected chi connectivity index (χ4v) is 1.65. The summed E-state index contributed by atoms with van der Waals surface area (Å²) in [6.45, 7) is 2.59. The molecule has 0 radical (unpaired) electrons. The number of hydrogen-bond donors (Lipinski definition) is 2. The van der Waals surface area contributed by atoms with Crippen molar-refractivity contribution in [1.29, 1.82) is 5.26 Å². The quantitative estimate of drug-likeness (QED) is 0.704. The maximum Gasteiger partial charge on any atom is 0.257 e. The van der Waals surface area contributed by atoms with Crippen molar-refractivity contribution in [2.75, 3.05) is 19.8 Å². The van der Waals surface area contributed by atoms with Crippen LogP contribution in [0.3, 0.4) is 0 Å². The van der Waals surface area contributed by atoms with E-state index in [0.717, 1.165) is 12.8 Å². The van der Waals surface area contributed by atoms with Crippen molar-refractivity contribution in [3.05, 3.63) is 29.8 Å². The summed E-state index contributed by atoms with van der Waals surface area (Å²) in [4.78, 5) is 11.6. The Balaban J connectivity index is 2.25. The third-order valence-electron chi connectivity index (χ3n) is 2.87. The minimum atomic E-state index is -0.214. The lowest BCUT2D eigenvalue weighted by Crippen LogP contribution is -2.30. The molecule has 0 aromatic heterocycles. The van der Waals surface area contributed by atoms with Crippen molar-refractivity contribution in [3.63, 3.8) is 0 Å². The number of hydrogen-bond acceptors (Lipinski definition) is 4. The first-order chi connectivity index (χ1) is 9.67. The summed E-state index contributed by atoms with van der Waals surface area (Å²) < 4.78 is 5.31. The fourth-order valence-electron chi connectivity index (χ4n) is 1.65. The molecule has 0 bridgehead atoms. The molecule has 1 aromatic rings. The van der Waals surface area contributed by atoms with Gasteiger partial charge in [0.15, 0.2) is 6.61 Å². The van der Waals surface area contributed by atoms with E-state index in [4.69, 9.17) is 15.1 Å². The van der Waals surface area contributed by atoms with Crippen molar-refractivity contribution in [2.45, 2.75) is 19.8 Å². The smallest absolute Gasteiger partial charge is 0.257 e. The standard InChI is InChI=1S/C15H20N2O3/c1-12(10-18)5-4-8-17-15(19)11-20-14-7-3-2-6-13(14)9-16/h2-3,6-7,12,18H,4-5,8,10-11H2,1H3,(H,17,19). The lowest BCUT2D eigenvalue weighted by Gasteiger charge is -2.10. The van der Waals surface area contributed by atoms with E-state index < -0.39 is 0 Å². The number of carbonyl (C=O) groups excluding carboxylic acids is 1. The Kier molecular flexibility index (Phi) is 7.15. The van der Waals surface area contributed by atoms with Gasteiger partial charge in [0.2, 0.25) is 0 Å². The van der Waals surface area contributed by atoms with Gasteiger partial charge in [-0.3, -0.25) is 4.79 Å². The minimum Gasteiger partial charge on any atom is -0.482 e. The van der Waals surface area contributed by atoms with Crippen LogP contribution in [-0.4, -0.2) is 30.8 Å². The molecule has 0 aliphatic heterocycles. The van der Waals surface area contributed by atoms with Gasteiger partial charge in [0.1, 0.15) is 11.8 Å². The Labute approximate surface area is 119 Å². The Bertz CT molecular complexity index is 468. The molecule has 0 aliphatic carbocycles. The Morgan fingerprint density at radius 1 is 1.50 bits per heavy atom. The Morgan fingerprint density at radius 2 is 2.25 bits per heavy atom. The van der Waals surface area contributed by atoms with E-state index in [1.54, 1.807) is 24.3 Å². The summed E-state index contributed by atoms with van der Waals surface area (Å²) in [5.41, 5.74) is 0.414. The van der Waals surface area contributed by atoms with Crippen LogP contribution in [0.25, 0.3) is 0 Å². The average Bonchev–Trinajstić information content (AvgIpc) is 2.49. The second-order valence-corrected chi connectivity index (χ2v) is 4.68. The van der Waals surface area contributed by atoms with Crippen LogP contribution in [0.1, 0.15) is 25.3 Å². The normalized spacial score (nSPS) is 11.4. The summed E-state index contributed by atoms with van der Waals surface area (Å²) >= 11 is 0. The average molecular weight is 276 g/mol. The first kappa shape index (κ1) is 16.0. The molecule has 1 amide bonds. The molecule has 1 unspecified atom stereocenters. The fraction of sp³-hybridized carbons (Fsp3) is 0.467. The van der Waals surface area contributed by atoms with E-state index in [2.05, 4.69) is 5.32 Å². The van der Waals surface area contributed by atoms with Crippen LogP contribution in [0.4, 0.5) is 0 Å². The maximum atomic E-state index is 11.6. The molecule has 20 heavy (non-hydrogen) atoms. The largest absolute Gasteiger partial charge is 0.482 e. The van der Waals surface area contributed by atoms with Crippen LogP contribution >= 0.6 is 0 Å². The highest BCUT2D eigenvalue weighted by Crippen LogP contribution is 2.16. The molecule has 2 N–H and O–H groups in total. The van der Waals surface area contributed by atoms with Gasteiger partial charge in [-0.2, -0.15) is 5.26 Å². The number of nitriles is 1. The second kappa shape index (κ2) is 8.94. The van der Waals surface area contributed by atoms with Gasteiger partial charge in [0.05, 0.1) is 5.56 Å². The highest BCUT2D eigenvalue weighted by atomic mass is 16.5. The van der Waals surface area contributed by atoms with Gasteiger partial charge in [0, 0.05) is 13.2 Å². The molecule has 0 fully saturated rings. The summed E-state index contributed by atoms with van der Waals surface area (Å²) in [5, 5.41) is 20.5. The number of aliphatic hydroxyl groups is 1. The summed E-state index contributed by atoms with van der Waals surface area (Å²) in [6, 6.07) is 8.81. The SMILES string of the molecule is CC(CO)CCCNC(=O)COc1ccccc1C#N. The predicted molar refractivity (Wildman–Crippen MR) is 75.1 cm³/mol.